The summed E-state index contributed by atoms with van der Waals surface area (Å²) in [5.74, 6) is 0.524. The van der Waals surface area contributed by atoms with E-state index in [1.807, 2.05) is 19.1 Å². The number of ketones is 1. The summed E-state index contributed by atoms with van der Waals surface area (Å²) in [5, 5.41) is 0. The van der Waals surface area contributed by atoms with Crippen LogP contribution in [0.25, 0.3) is 0 Å². The first-order valence-corrected chi connectivity index (χ1v) is 6.69. The fourth-order valence-electron chi connectivity index (χ4n) is 1.38. The number of hydrogen-bond acceptors (Lipinski definition) is 1. The van der Waals surface area contributed by atoms with Crippen LogP contribution in [-0.4, -0.2) is 9.52 Å². The minimum atomic E-state index is -0.300. The maximum Gasteiger partial charge on any atom is 0.187 e. The van der Waals surface area contributed by atoms with Crippen LogP contribution in [0.15, 0.2) is 18.2 Å². The van der Waals surface area contributed by atoms with E-state index in [1.54, 1.807) is 0 Å². The smallest absolute Gasteiger partial charge is 0.187 e. The van der Waals surface area contributed by atoms with Crippen LogP contribution in [0.1, 0.15) is 41.3 Å². The highest BCUT2D eigenvalue weighted by molar-refractivity contribution is 9.25. The standard InChI is InChI=1S/C12H14Br2O/c1-7(2)9-5-4-8(3)10(6-9)11(15)12(13)14/h4-7,12H,1-3H3. The first-order valence-electron chi connectivity index (χ1n) is 4.86. The van der Waals surface area contributed by atoms with Crippen molar-refractivity contribution in [2.75, 3.05) is 0 Å². The Morgan fingerprint density at radius 1 is 1.27 bits per heavy atom. The molecule has 1 aromatic carbocycles. The minimum Gasteiger partial charge on any atom is -0.292 e. The van der Waals surface area contributed by atoms with Crippen LogP contribution < -0.4 is 0 Å². The maximum absolute atomic E-state index is 11.8. The Morgan fingerprint density at radius 3 is 2.33 bits per heavy atom. The number of carbonyl (C=O) groups excluding carboxylic acids is 1. The van der Waals surface area contributed by atoms with E-state index in [0.717, 1.165) is 11.1 Å². The topological polar surface area (TPSA) is 17.1 Å². The van der Waals surface area contributed by atoms with Gasteiger partial charge in [0.05, 0.1) is 0 Å². The van der Waals surface area contributed by atoms with Crippen molar-refractivity contribution in [3.63, 3.8) is 0 Å². The zero-order valence-corrected chi connectivity index (χ0v) is 12.2. The van der Waals surface area contributed by atoms with E-state index >= 15 is 0 Å². The van der Waals surface area contributed by atoms with Crippen LogP contribution in [0.4, 0.5) is 0 Å². The van der Waals surface area contributed by atoms with E-state index in [-0.39, 0.29) is 9.52 Å². The van der Waals surface area contributed by atoms with Crippen molar-refractivity contribution >= 4 is 37.6 Å². The Balaban J connectivity index is 3.16. The summed E-state index contributed by atoms with van der Waals surface area (Å²) >= 11 is 6.48. The fraction of sp³-hybridized carbons (Fsp3) is 0.417. The quantitative estimate of drug-likeness (QED) is 0.591. The summed E-state index contributed by atoms with van der Waals surface area (Å²) in [6, 6.07) is 6.07. The predicted molar refractivity (Wildman–Crippen MR) is 71.2 cm³/mol. The Bertz CT molecular complexity index is 370. The highest BCUT2D eigenvalue weighted by Crippen LogP contribution is 2.23. The van der Waals surface area contributed by atoms with Gasteiger partial charge < -0.3 is 0 Å². The molecule has 0 aromatic heterocycles. The van der Waals surface area contributed by atoms with Gasteiger partial charge in [-0.25, -0.2) is 0 Å². The SMILES string of the molecule is Cc1ccc(C(C)C)cc1C(=O)C(Br)Br. The summed E-state index contributed by atoms with van der Waals surface area (Å²) in [6.07, 6.45) is 0. The molecule has 0 heterocycles. The van der Waals surface area contributed by atoms with Gasteiger partial charge >= 0.3 is 0 Å². The van der Waals surface area contributed by atoms with Crippen molar-refractivity contribution in [2.45, 2.75) is 30.4 Å². The molecule has 0 fully saturated rings. The predicted octanol–water partition coefficient (Wildman–Crippen LogP) is 4.42. The lowest BCUT2D eigenvalue weighted by Crippen LogP contribution is -2.09. The summed E-state index contributed by atoms with van der Waals surface area (Å²) in [4.78, 5) is 11.8. The van der Waals surface area contributed by atoms with Crippen molar-refractivity contribution in [1.82, 2.24) is 0 Å². The molecule has 0 aliphatic carbocycles. The number of hydrogen-bond donors (Lipinski definition) is 0. The zero-order valence-electron chi connectivity index (χ0n) is 9.05. The largest absolute Gasteiger partial charge is 0.292 e. The third-order valence-corrected chi connectivity index (χ3v) is 3.22. The second-order valence-corrected chi connectivity index (χ2v) is 6.95. The molecule has 1 rings (SSSR count). The average molecular weight is 334 g/mol. The molecule has 15 heavy (non-hydrogen) atoms. The van der Waals surface area contributed by atoms with Crippen LogP contribution >= 0.6 is 31.9 Å². The normalized spacial score (nSPS) is 11.1. The first kappa shape index (κ1) is 12.9. The Hall–Kier alpha value is -0.150. The van der Waals surface area contributed by atoms with Gasteiger partial charge in [0, 0.05) is 5.56 Å². The van der Waals surface area contributed by atoms with Gasteiger partial charge in [-0.1, -0.05) is 57.8 Å². The molecule has 0 amide bonds. The number of benzene rings is 1. The summed E-state index contributed by atoms with van der Waals surface area (Å²) < 4.78 is -0.300. The molecule has 0 aliphatic rings. The molecule has 0 saturated heterocycles. The number of aryl methyl sites for hydroxylation is 1. The van der Waals surface area contributed by atoms with Gasteiger partial charge in [-0.3, -0.25) is 4.79 Å². The van der Waals surface area contributed by atoms with E-state index in [9.17, 15) is 4.79 Å². The number of halogens is 2. The van der Waals surface area contributed by atoms with Crippen LogP contribution in [0.2, 0.25) is 0 Å². The Labute approximate surface area is 108 Å². The molecule has 0 radical (unpaired) electrons. The lowest BCUT2D eigenvalue weighted by Gasteiger charge is -2.11. The highest BCUT2D eigenvalue weighted by atomic mass is 79.9. The van der Waals surface area contributed by atoms with Crippen LogP contribution in [0.5, 0.6) is 0 Å². The third-order valence-electron chi connectivity index (χ3n) is 2.39. The molecule has 1 nitrogen and oxygen atoms in total. The van der Waals surface area contributed by atoms with Crippen molar-refractivity contribution in [3.8, 4) is 0 Å². The molecule has 3 heteroatoms. The van der Waals surface area contributed by atoms with Crippen molar-refractivity contribution in [1.29, 1.82) is 0 Å². The molecule has 0 atom stereocenters. The summed E-state index contributed by atoms with van der Waals surface area (Å²) in [6.45, 7) is 6.21. The molecular formula is C12H14Br2O. The van der Waals surface area contributed by atoms with Crippen molar-refractivity contribution in [2.24, 2.45) is 0 Å². The van der Waals surface area contributed by atoms with Gasteiger partial charge in [0.1, 0.15) is 3.74 Å². The molecule has 1 aromatic rings. The Morgan fingerprint density at radius 2 is 1.87 bits per heavy atom. The number of Topliss-reactive ketones (excluding diaryl/α,β-unsaturated/α-hetero) is 1. The maximum atomic E-state index is 11.8. The molecule has 0 spiro atoms. The molecule has 0 saturated carbocycles. The van der Waals surface area contributed by atoms with Gasteiger partial charge in [-0.2, -0.15) is 0 Å². The molecule has 0 N–H and O–H groups in total. The van der Waals surface area contributed by atoms with Crippen molar-refractivity contribution < 1.29 is 4.79 Å². The van der Waals surface area contributed by atoms with Gasteiger partial charge in [-0.15, -0.1) is 0 Å². The van der Waals surface area contributed by atoms with Gasteiger partial charge in [0.2, 0.25) is 0 Å². The van der Waals surface area contributed by atoms with Crippen molar-refractivity contribution in [3.05, 3.63) is 34.9 Å². The zero-order chi connectivity index (χ0) is 11.6. The van der Waals surface area contributed by atoms with Gasteiger partial charge in [0.25, 0.3) is 0 Å². The van der Waals surface area contributed by atoms with E-state index in [1.165, 1.54) is 5.56 Å². The van der Waals surface area contributed by atoms with Crippen LogP contribution in [-0.2, 0) is 0 Å². The summed E-state index contributed by atoms with van der Waals surface area (Å²) in [7, 11) is 0. The Kier molecular flexibility index (Phi) is 4.53. The molecule has 0 aliphatic heterocycles. The first-order chi connectivity index (χ1) is 6.93. The second-order valence-electron chi connectivity index (χ2n) is 3.89. The second kappa shape index (κ2) is 5.26. The van der Waals surface area contributed by atoms with E-state index in [2.05, 4.69) is 51.8 Å². The third kappa shape index (κ3) is 3.15. The summed E-state index contributed by atoms with van der Waals surface area (Å²) in [5.41, 5.74) is 3.01. The molecular weight excluding hydrogens is 320 g/mol. The van der Waals surface area contributed by atoms with E-state index in [4.69, 9.17) is 0 Å². The van der Waals surface area contributed by atoms with Crippen LogP contribution in [0.3, 0.4) is 0 Å². The lowest BCUT2D eigenvalue weighted by molar-refractivity contribution is 0.101. The molecule has 0 unspecified atom stereocenters. The average Bonchev–Trinajstić information content (AvgIpc) is 2.16. The molecule has 0 bridgehead atoms. The van der Waals surface area contributed by atoms with Gasteiger partial charge in [0.15, 0.2) is 5.78 Å². The number of rotatable bonds is 3. The minimum absolute atomic E-state index is 0.0787. The highest BCUT2D eigenvalue weighted by Gasteiger charge is 2.16. The fourth-order valence-corrected chi connectivity index (χ4v) is 1.87. The number of carbonyl (C=O) groups is 1. The lowest BCUT2D eigenvalue weighted by atomic mass is 9.96. The van der Waals surface area contributed by atoms with Gasteiger partial charge in [-0.05, 0) is 30.0 Å². The number of alkyl halides is 2. The van der Waals surface area contributed by atoms with E-state index < -0.39 is 0 Å². The monoisotopic (exact) mass is 332 g/mol. The molecule has 82 valence electrons. The van der Waals surface area contributed by atoms with E-state index in [0.29, 0.717) is 5.92 Å². The van der Waals surface area contributed by atoms with Crippen LogP contribution in [0, 0.1) is 6.92 Å².